The van der Waals surface area contributed by atoms with E-state index < -0.39 is 23.5 Å². The van der Waals surface area contributed by atoms with Gasteiger partial charge in [-0.05, 0) is 42.8 Å². The third kappa shape index (κ3) is 5.54. The van der Waals surface area contributed by atoms with Gasteiger partial charge in [0, 0.05) is 37.6 Å². The first kappa shape index (κ1) is 23.5. The molecule has 0 aliphatic carbocycles. The molecule has 1 saturated heterocycles. The Morgan fingerprint density at radius 3 is 2.45 bits per heavy atom. The number of aromatic nitrogens is 2. The monoisotopic (exact) mass is 516 g/mol. The van der Waals surface area contributed by atoms with Crippen LogP contribution >= 0.6 is 27.5 Å². The molecule has 1 fully saturated rings. The fraction of sp³-hybridized carbons (Fsp3) is 0.500. The van der Waals surface area contributed by atoms with E-state index in [4.69, 9.17) is 21.1 Å². The molecule has 1 amide bonds. The van der Waals surface area contributed by atoms with Crippen LogP contribution in [0.15, 0.2) is 10.5 Å². The maximum absolute atomic E-state index is 15.1. The molecule has 0 bridgehead atoms. The van der Waals surface area contributed by atoms with Crippen molar-refractivity contribution in [3.63, 3.8) is 0 Å². The number of halogens is 3. The summed E-state index contributed by atoms with van der Waals surface area (Å²) in [6.45, 7) is 8.15. The molecule has 8 nitrogen and oxygen atoms in total. The Balaban J connectivity index is 1.92. The lowest BCUT2D eigenvalue weighted by Crippen LogP contribution is -2.50. The third-order valence-corrected chi connectivity index (χ3v) is 5.71. The number of ether oxygens (including phenoxy) is 2. The molecule has 0 radical (unpaired) electrons. The minimum Gasteiger partial charge on any atom is -0.458 e. The summed E-state index contributed by atoms with van der Waals surface area (Å²) in [4.78, 5) is 35.8. The lowest BCUT2D eigenvalue weighted by molar-refractivity contribution is -0.142. The molecule has 31 heavy (non-hydrogen) atoms. The van der Waals surface area contributed by atoms with Gasteiger partial charge in [0.15, 0.2) is 18.2 Å². The van der Waals surface area contributed by atoms with Crippen LogP contribution in [0.2, 0.25) is 5.02 Å². The number of amides is 1. The molecule has 1 aliphatic heterocycles. The first-order valence-corrected chi connectivity index (χ1v) is 10.8. The number of benzene rings is 1. The van der Waals surface area contributed by atoms with E-state index in [-0.39, 0.29) is 22.8 Å². The normalized spacial score (nSPS) is 14.7. The summed E-state index contributed by atoms with van der Waals surface area (Å²) < 4.78 is 25.9. The van der Waals surface area contributed by atoms with Crippen molar-refractivity contribution in [2.75, 3.05) is 31.1 Å². The van der Waals surface area contributed by atoms with E-state index >= 15 is 4.39 Å². The summed E-state index contributed by atoms with van der Waals surface area (Å²) >= 11 is 9.33. The Morgan fingerprint density at radius 1 is 1.23 bits per heavy atom. The molecule has 1 aromatic heterocycles. The highest BCUT2D eigenvalue weighted by molar-refractivity contribution is 9.10. The number of anilines is 1. The van der Waals surface area contributed by atoms with Crippen molar-refractivity contribution in [3.8, 4) is 0 Å². The predicted octanol–water partition coefficient (Wildman–Crippen LogP) is 4.31. The number of nitrogens with zero attached hydrogens (tertiary/aromatic N) is 4. The summed E-state index contributed by atoms with van der Waals surface area (Å²) in [5.74, 6) is -0.543. The van der Waals surface area contributed by atoms with Crippen LogP contribution in [0.5, 0.6) is 0 Å². The summed E-state index contributed by atoms with van der Waals surface area (Å²) in [5, 5.41) is 0.1000. The average molecular weight is 518 g/mol. The zero-order valence-corrected chi connectivity index (χ0v) is 20.0. The smallest absolute Gasteiger partial charge is 0.410 e. The maximum atomic E-state index is 15.1. The van der Waals surface area contributed by atoms with Gasteiger partial charge >= 0.3 is 12.1 Å². The number of hydrogen-bond acceptors (Lipinski definition) is 7. The molecule has 168 valence electrons. The molecule has 0 atom stereocenters. The minimum atomic E-state index is -0.644. The van der Waals surface area contributed by atoms with Crippen LogP contribution in [0.3, 0.4) is 0 Å². The Labute approximate surface area is 192 Å². The van der Waals surface area contributed by atoms with Crippen molar-refractivity contribution in [2.24, 2.45) is 0 Å². The third-order valence-electron chi connectivity index (χ3n) is 4.48. The molecule has 1 aliphatic rings. The molecule has 3 rings (SSSR count). The van der Waals surface area contributed by atoms with Crippen LogP contribution in [0.4, 0.5) is 15.0 Å². The molecular formula is C20H23BrClFN4O4. The lowest BCUT2D eigenvalue weighted by atomic mass is 10.2. The second-order valence-corrected chi connectivity index (χ2v) is 9.31. The minimum absolute atomic E-state index is 0.0718. The first-order valence-electron chi connectivity index (χ1n) is 9.66. The van der Waals surface area contributed by atoms with Crippen molar-refractivity contribution in [1.82, 2.24) is 14.9 Å². The fourth-order valence-electron chi connectivity index (χ4n) is 3.11. The second kappa shape index (κ2) is 9.12. The number of esters is 1. The van der Waals surface area contributed by atoms with E-state index in [2.05, 4.69) is 25.9 Å². The SMILES string of the molecule is CC(=O)OCc1nc(N2CCN(C(=O)OC(C)(C)C)CC2)c2c(F)c(Cl)c(Br)cc2n1. The first-order chi connectivity index (χ1) is 14.5. The molecule has 0 unspecified atom stereocenters. The van der Waals surface area contributed by atoms with Gasteiger partial charge in [-0.25, -0.2) is 19.2 Å². The van der Waals surface area contributed by atoms with E-state index in [0.717, 1.165) is 0 Å². The van der Waals surface area contributed by atoms with Crippen molar-refractivity contribution in [3.05, 3.63) is 27.2 Å². The van der Waals surface area contributed by atoms with E-state index in [1.807, 2.05) is 25.7 Å². The van der Waals surface area contributed by atoms with Gasteiger partial charge in [-0.3, -0.25) is 4.79 Å². The topological polar surface area (TPSA) is 84.9 Å². The highest BCUT2D eigenvalue weighted by Gasteiger charge is 2.28. The summed E-state index contributed by atoms with van der Waals surface area (Å²) in [7, 11) is 0. The molecule has 2 heterocycles. The maximum Gasteiger partial charge on any atom is 0.410 e. The number of fused-ring (bicyclic) bond motifs is 1. The van der Waals surface area contributed by atoms with Crippen molar-refractivity contribution in [1.29, 1.82) is 0 Å². The highest BCUT2D eigenvalue weighted by Crippen LogP contribution is 2.36. The Bertz CT molecular complexity index is 1020. The number of rotatable bonds is 3. The van der Waals surface area contributed by atoms with Gasteiger partial charge in [-0.15, -0.1) is 0 Å². The largest absolute Gasteiger partial charge is 0.458 e. The van der Waals surface area contributed by atoms with Crippen LogP contribution in [0.25, 0.3) is 10.9 Å². The Kier molecular flexibility index (Phi) is 6.90. The van der Waals surface area contributed by atoms with Gasteiger partial charge < -0.3 is 19.3 Å². The number of carbonyl (C=O) groups excluding carboxylic acids is 2. The van der Waals surface area contributed by atoms with Crippen LogP contribution in [0, 0.1) is 5.82 Å². The Hall–Kier alpha value is -2.20. The van der Waals surface area contributed by atoms with E-state index in [1.54, 1.807) is 11.0 Å². The lowest BCUT2D eigenvalue weighted by Gasteiger charge is -2.36. The van der Waals surface area contributed by atoms with E-state index in [0.29, 0.717) is 42.0 Å². The molecule has 1 aromatic carbocycles. The average Bonchev–Trinajstić information content (AvgIpc) is 2.68. The predicted molar refractivity (Wildman–Crippen MR) is 118 cm³/mol. The molecule has 0 spiro atoms. The summed E-state index contributed by atoms with van der Waals surface area (Å²) in [6.07, 6.45) is -0.395. The van der Waals surface area contributed by atoms with Gasteiger partial charge in [-0.2, -0.15) is 0 Å². The number of hydrogen-bond donors (Lipinski definition) is 0. The van der Waals surface area contributed by atoms with Crippen LogP contribution < -0.4 is 4.90 Å². The zero-order chi connectivity index (χ0) is 22.9. The second-order valence-electron chi connectivity index (χ2n) is 8.08. The van der Waals surface area contributed by atoms with Gasteiger partial charge in [0.1, 0.15) is 11.4 Å². The van der Waals surface area contributed by atoms with Gasteiger partial charge in [0.05, 0.1) is 15.9 Å². The van der Waals surface area contributed by atoms with Crippen molar-refractivity contribution < 1.29 is 23.5 Å². The van der Waals surface area contributed by atoms with Crippen molar-refractivity contribution in [2.45, 2.75) is 39.9 Å². The summed E-state index contributed by atoms with van der Waals surface area (Å²) in [6, 6.07) is 1.60. The summed E-state index contributed by atoms with van der Waals surface area (Å²) in [5.41, 5.74) is -0.258. The van der Waals surface area contributed by atoms with Crippen LogP contribution in [-0.2, 0) is 20.9 Å². The van der Waals surface area contributed by atoms with Gasteiger partial charge in [-0.1, -0.05) is 11.6 Å². The fourth-order valence-corrected chi connectivity index (χ4v) is 3.65. The zero-order valence-electron chi connectivity index (χ0n) is 17.7. The van der Waals surface area contributed by atoms with Crippen LogP contribution in [-0.4, -0.2) is 58.7 Å². The quantitative estimate of drug-likeness (QED) is 0.443. The van der Waals surface area contributed by atoms with E-state index in [9.17, 15) is 9.59 Å². The highest BCUT2D eigenvalue weighted by atomic mass is 79.9. The number of carbonyl (C=O) groups is 2. The number of piperazine rings is 1. The molecule has 11 heteroatoms. The molecule has 0 saturated carbocycles. The Morgan fingerprint density at radius 2 is 1.87 bits per heavy atom. The standard InChI is InChI=1S/C20H23BrClFN4O4/c1-11(28)30-10-14-24-13-9-12(21)16(22)17(23)15(13)18(25-14)26-5-7-27(8-6-26)19(29)31-20(2,3)4/h9H,5-8,10H2,1-4H3. The molecule has 2 aromatic rings. The molecule has 0 N–H and O–H groups in total. The van der Waals surface area contributed by atoms with Crippen LogP contribution in [0.1, 0.15) is 33.5 Å². The van der Waals surface area contributed by atoms with Gasteiger partial charge in [0.2, 0.25) is 0 Å². The molecular weight excluding hydrogens is 495 g/mol. The van der Waals surface area contributed by atoms with Crippen molar-refractivity contribution >= 4 is 56.3 Å². The van der Waals surface area contributed by atoms with E-state index in [1.165, 1.54) is 6.92 Å². The van der Waals surface area contributed by atoms with Gasteiger partial charge in [0.25, 0.3) is 0 Å².